The number of benzene rings is 1. The number of methoxy groups -OCH3 is 1. The number of hydrogen-bond acceptors (Lipinski definition) is 4. The molecule has 140 valence electrons. The molecule has 0 aliphatic heterocycles. The molecule has 5 nitrogen and oxygen atoms in total. The minimum absolute atomic E-state index is 0.188. The molecule has 2 aromatic rings. The fourth-order valence-electron chi connectivity index (χ4n) is 2.31. The van der Waals surface area contributed by atoms with E-state index in [1.807, 2.05) is 45.0 Å². The Balaban J connectivity index is 2.21. The normalized spacial score (nSPS) is 12.7. The molecule has 1 aromatic heterocycles. The fraction of sp³-hybridized carbons (Fsp3) is 0.227. The van der Waals surface area contributed by atoms with Gasteiger partial charge in [0.2, 0.25) is 0 Å². The Morgan fingerprint density at radius 2 is 1.96 bits per heavy atom. The number of pyridine rings is 1. The maximum atomic E-state index is 12.6. The SMILES string of the molecule is C\C=C(/N=C/C(NC(=O)c1ccc(OC)cc1)=C(\C)CC)c1ccccn1. The quantitative estimate of drug-likeness (QED) is 0.729. The van der Waals surface area contributed by atoms with E-state index in [2.05, 4.69) is 15.3 Å². The van der Waals surface area contributed by atoms with E-state index < -0.39 is 0 Å². The summed E-state index contributed by atoms with van der Waals surface area (Å²) >= 11 is 0. The summed E-state index contributed by atoms with van der Waals surface area (Å²) in [7, 11) is 1.59. The van der Waals surface area contributed by atoms with Crippen LogP contribution in [0.4, 0.5) is 0 Å². The summed E-state index contributed by atoms with van der Waals surface area (Å²) < 4.78 is 5.13. The second-order valence-corrected chi connectivity index (χ2v) is 5.88. The maximum absolute atomic E-state index is 12.6. The van der Waals surface area contributed by atoms with E-state index in [0.717, 1.165) is 23.4 Å². The van der Waals surface area contributed by atoms with E-state index in [0.29, 0.717) is 17.0 Å². The van der Waals surface area contributed by atoms with Gasteiger partial charge in [-0.25, -0.2) is 0 Å². The first-order valence-electron chi connectivity index (χ1n) is 8.86. The number of nitrogens with one attached hydrogen (secondary N) is 1. The zero-order valence-electron chi connectivity index (χ0n) is 16.2. The summed E-state index contributed by atoms with van der Waals surface area (Å²) in [6.07, 6.45) is 6.11. The van der Waals surface area contributed by atoms with Crippen molar-refractivity contribution in [3.05, 3.63) is 77.3 Å². The molecule has 1 aromatic carbocycles. The summed E-state index contributed by atoms with van der Waals surface area (Å²) in [4.78, 5) is 21.4. The third kappa shape index (κ3) is 5.64. The zero-order valence-corrected chi connectivity index (χ0v) is 16.2. The van der Waals surface area contributed by atoms with Crippen LogP contribution in [-0.4, -0.2) is 24.2 Å². The number of carbonyl (C=O) groups is 1. The highest BCUT2D eigenvalue weighted by Crippen LogP contribution is 2.15. The van der Waals surface area contributed by atoms with Gasteiger partial charge in [-0.15, -0.1) is 0 Å². The molecule has 0 unspecified atom stereocenters. The van der Waals surface area contributed by atoms with E-state index in [4.69, 9.17) is 4.74 Å². The largest absolute Gasteiger partial charge is 0.497 e. The summed E-state index contributed by atoms with van der Waals surface area (Å²) in [5.41, 5.74) is 3.81. The van der Waals surface area contributed by atoms with Gasteiger partial charge in [-0.05, 0) is 62.2 Å². The lowest BCUT2D eigenvalue weighted by atomic mass is 10.1. The Labute approximate surface area is 160 Å². The standard InChI is InChI=1S/C22H25N3O2/c1-5-16(3)21(15-24-19(6-2)20-9-7-8-14-23-20)25-22(26)17-10-12-18(27-4)13-11-17/h6-15H,5H2,1-4H3,(H,25,26)/b19-6-,21-16-,24-15+. The molecule has 0 aliphatic rings. The van der Waals surface area contributed by atoms with Crippen LogP contribution in [0.15, 0.2) is 71.0 Å². The molecule has 1 N–H and O–H groups in total. The van der Waals surface area contributed by atoms with Gasteiger partial charge >= 0.3 is 0 Å². The average Bonchev–Trinajstić information content (AvgIpc) is 2.73. The lowest BCUT2D eigenvalue weighted by Crippen LogP contribution is -2.24. The van der Waals surface area contributed by atoms with Gasteiger partial charge in [0.05, 0.1) is 30.4 Å². The van der Waals surface area contributed by atoms with E-state index in [9.17, 15) is 4.79 Å². The van der Waals surface area contributed by atoms with Crippen LogP contribution in [0.2, 0.25) is 0 Å². The predicted octanol–water partition coefficient (Wildman–Crippen LogP) is 4.64. The Morgan fingerprint density at radius 3 is 2.52 bits per heavy atom. The zero-order chi connectivity index (χ0) is 19.6. The summed E-state index contributed by atoms with van der Waals surface area (Å²) in [5, 5.41) is 2.96. The van der Waals surface area contributed by atoms with Crippen molar-refractivity contribution in [3.8, 4) is 5.75 Å². The van der Waals surface area contributed by atoms with Crippen molar-refractivity contribution in [2.45, 2.75) is 27.2 Å². The van der Waals surface area contributed by atoms with Crippen LogP contribution >= 0.6 is 0 Å². The van der Waals surface area contributed by atoms with Crippen molar-refractivity contribution >= 4 is 17.8 Å². The summed E-state index contributed by atoms with van der Waals surface area (Å²) in [5.74, 6) is 0.522. The third-order valence-electron chi connectivity index (χ3n) is 4.12. The molecular weight excluding hydrogens is 338 g/mol. The minimum Gasteiger partial charge on any atom is -0.497 e. The topological polar surface area (TPSA) is 63.6 Å². The van der Waals surface area contributed by atoms with Crippen LogP contribution in [0, 0.1) is 0 Å². The molecular formula is C22H25N3O2. The van der Waals surface area contributed by atoms with E-state index >= 15 is 0 Å². The molecule has 0 bridgehead atoms. The molecule has 0 fully saturated rings. The molecule has 0 saturated heterocycles. The molecule has 1 amide bonds. The van der Waals surface area contributed by atoms with Crippen molar-refractivity contribution in [1.82, 2.24) is 10.3 Å². The summed E-state index contributed by atoms with van der Waals surface area (Å²) in [6, 6.07) is 12.7. The Morgan fingerprint density at radius 1 is 1.22 bits per heavy atom. The van der Waals surface area contributed by atoms with Crippen molar-refractivity contribution in [2.75, 3.05) is 7.11 Å². The highest BCUT2D eigenvalue weighted by atomic mass is 16.5. The lowest BCUT2D eigenvalue weighted by molar-refractivity contribution is 0.0967. The average molecular weight is 363 g/mol. The molecule has 0 atom stereocenters. The second kappa shape index (κ2) is 10.1. The van der Waals surface area contributed by atoms with Gasteiger partial charge in [0, 0.05) is 11.8 Å². The number of nitrogens with zero attached hydrogens (tertiary/aromatic N) is 2. The van der Waals surface area contributed by atoms with Crippen LogP contribution in [-0.2, 0) is 0 Å². The number of rotatable bonds is 7. The Bertz CT molecular complexity index is 851. The van der Waals surface area contributed by atoms with Crippen molar-refractivity contribution in [2.24, 2.45) is 4.99 Å². The first-order chi connectivity index (χ1) is 13.1. The van der Waals surface area contributed by atoms with Gasteiger partial charge in [0.1, 0.15) is 5.75 Å². The molecule has 2 rings (SSSR count). The van der Waals surface area contributed by atoms with E-state index in [1.165, 1.54) is 0 Å². The van der Waals surface area contributed by atoms with Crippen molar-refractivity contribution in [3.63, 3.8) is 0 Å². The van der Waals surface area contributed by atoms with Crippen LogP contribution in [0.25, 0.3) is 5.70 Å². The third-order valence-corrected chi connectivity index (χ3v) is 4.12. The number of aliphatic imine (C=N–C) groups is 1. The van der Waals surface area contributed by atoms with Gasteiger partial charge in [-0.3, -0.25) is 14.8 Å². The predicted molar refractivity (Wildman–Crippen MR) is 110 cm³/mol. The Hall–Kier alpha value is -3.21. The number of ether oxygens (including phenoxy) is 1. The van der Waals surface area contributed by atoms with E-state index in [1.54, 1.807) is 43.8 Å². The molecule has 0 aliphatic carbocycles. The minimum atomic E-state index is -0.188. The van der Waals surface area contributed by atoms with Gasteiger partial charge < -0.3 is 10.1 Å². The van der Waals surface area contributed by atoms with Crippen LogP contribution in [0.5, 0.6) is 5.75 Å². The van der Waals surface area contributed by atoms with Crippen LogP contribution < -0.4 is 10.1 Å². The number of amides is 1. The number of hydrogen-bond donors (Lipinski definition) is 1. The summed E-state index contributed by atoms with van der Waals surface area (Å²) in [6.45, 7) is 5.93. The Kier molecular flexibility index (Phi) is 7.49. The monoisotopic (exact) mass is 363 g/mol. The first kappa shape index (κ1) is 20.1. The van der Waals surface area contributed by atoms with Crippen LogP contribution in [0.3, 0.4) is 0 Å². The number of carbonyl (C=O) groups excluding carboxylic acids is 1. The van der Waals surface area contributed by atoms with Crippen molar-refractivity contribution < 1.29 is 9.53 Å². The smallest absolute Gasteiger partial charge is 0.255 e. The fourth-order valence-corrected chi connectivity index (χ4v) is 2.31. The molecule has 27 heavy (non-hydrogen) atoms. The number of allylic oxidation sites excluding steroid dienone is 3. The highest BCUT2D eigenvalue weighted by molar-refractivity contribution is 5.99. The molecule has 0 radical (unpaired) electrons. The highest BCUT2D eigenvalue weighted by Gasteiger charge is 2.09. The molecule has 0 spiro atoms. The second-order valence-electron chi connectivity index (χ2n) is 5.88. The maximum Gasteiger partial charge on any atom is 0.255 e. The first-order valence-corrected chi connectivity index (χ1v) is 8.86. The van der Waals surface area contributed by atoms with E-state index in [-0.39, 0.29) is 5.91 Å². The van der Waals surface area contributed by atoms with Crippen LogP contribution in [0.1, 0.15) is 43.2 Å². The van der Waals surface area contributed by atoms with Gasteiger partial charge in [0.25, 0.3) is 5.91 Å². The van der Waals surface area contributed by atoms with Gasteiger partial charge in [0.15, 0.2) is 0 Å². The van der Waals surface area contributed by atoms with Crippen molar-refractivity contribution in [1.29, 1.82) is 0 Å². The molecule has 5 heteroatoms. The van der Waals surface area contributed by atoms with Gasteiger partial charge in [-0.2, -0.15) is 0 Å². The van der Waals surface area contributed by atoms with Gasteiger partial charge in [-0.1, -0.05) is 19.1 Å². The molecule has 0 saturated carbocycles. The number of aromatic nitrogens is 1. The lowest BCUT2D eigenvalue weighted by Gasteiger charge is -2.10. The molecule has 1 heterocycles.